The first-order valence-electron chi connectivity index (χ1n) is 12.8. The maximum atomic E-state index is 3.83. The zero-order valence-corrected chi connectivity index (χ0v) is 20.8. The summed E-state index contributed by atoms with van der Waals surface area (Å²) in [5, 5.41) is 0. The minimum atomic E-state index is 0.244. The van der Waals surface area contributed by atoms with E-state index in [0.717, 1.165) is 28.1 Å². The first-order valence-corrected chi connectivity index (χ1v) is 13.6. The van der Waals surface area contributed by atoms with E-state index >= 15 is 0 Å². The fraction of sp³-hybridized carbons (Fsp3) is 0.273. The molecule has 0 aliphatic heterocycles. The molecule has 0 saturated heterocycles. The van der Waals surface area contributed by atoms with Crippen LogP contribution in [0.15, 0.2) is 95.5 Å². The zero-order chi connectivity index (χ0) is 22.4. The molecular formula is C33H27Br. The molecule has 5 aliphatic carbocycles. The Morgan fingerprint density at radius 1 is 0.618 bits per heavy atom. The van der Waals surface area contributed by atoms with Crippen LogP contribution in [0.1, 0.15) is 36.8 Å². The number of hydrogen-bond donors (Lipinski definition) is 0. The van der Waals surface area contributed by atoms with Crippen LogP contribution in [0.25, 0.3) is 33.4 Å². The van der Waals surface area contributed by atoms with Crippen molar-refractivity contribution < 1.29 is 0 Å². The van der Waals surface area contributed by atoms with Crippen LogP contribution in [-0.4, -0.2) is 0 Å². The fourth-order valence-electron chi connectivity index (χ4n) is 8.81. The first-order chi connectivity index (χ1) is 16.7. The SMILES string of the molecule is Brc1cc(-c2ccccc2)cc(-c2cccc3c2-c2ccccc2C32C3CC4CC(C3)C2C4)c1. The molecule has 0 N–H and O–H groups in total. The third-order valence-electron chi connectivity index (χ3n) is 9.69. The zero-order valence-electron chi connectivity index (χ0n) is 19.2. The number of hydrogen-bond acceptors (Lipinski definition) is 0. The van der Waals surface area contributed by atoms with Gasteiger partial charge in [0.1, 0.15) is 0 Å². The van der Waals surface area contributed by atoms with Gasteiger partial charge >= 0.3 is 0 Å². The van der Waals surface area contributed by atoms with Crippen LogP contribution in [0.2, 0.25) is 0 Å². The highest BCUT2D eigenvalue weighted by molar-refractivity contribution is 9.10. The summed E-state index contributed by atoms with van der Waals surface area (Å²) in [7, 11) is 0. The van der Waals surface area contributed by atoms with Crippen molar-refractivity contribution in [3.63, 3.8) is 0 Å². The smallest absolute Gasteiger partial charge is 0.0274 e. The molecule has 1 heteroatoms. The summed E-state index contributed by atoms with van der Waals surface area (Å²) in [5.41, 5.74) is 11.7. The number of benzene rings is 4. The molecule has 34 heavy (non-hydrogen) atoms. The molecule has 4 bridgehead atoms. The lowest BCUT2D eigenvalue weighted by atomic mass is 9.59. The minimum Gasteiger partial charge on any atom is -0.0622 e. The van der Waals surface area contributed by atoms with Crippen LogP contribution < -0.4 is 0 Å². The van der Waals surface area contributed by atoms with Crippen LogP contribution in [0.5, 0.6) is 0 Å². The maximum Gasteiger partial charge on any atom is 0.0274 e. The third kappa shape index (κ3) is 2.44. The average molecular weight is 503 g/mol. The van der Waals surface area contributed by atoms with Crippen molar-refractivity contribution >= 4 is 15.9 Å². The largest absolute Gasteiger partial charge is 0.0622 e. The molecule has 0 heterocycles. The van der Waals surface area contributed by atoms with Gasteiger partial charge in [-0.2, -0.15) is 0 Å². The summed E-state index contributed by atoms with van der Waals surface area (Å²) in [6, 6.07) is 34.3. The summed E-state index contributed by atoms with van der Waals surface area (Å²) in [6.07, 6.45) is 5.79. The van der Waals surface area contributed by atoms with Crippen LogP contribution in [0.4, 0.5) is 0 Å². The Bertz CT molecular complexity index is 1450. The molecule has 4 aromatic rings. The lowest BCUT2D eigenvalue weighted by Crippen LogP contribution is -2.40. The predicted molar refractivity (Wildman–Crippen MR) is 144 cm³/mol. The van der Waals surface area contributed by atoms with Gasteiger partial charge in [-0.15, -0.1) is 0 Å². The second kappa shape index (κ2) is 6.95. The van der Waals surface area contributed by atoms with E-state index in [2.05, 4.69) is 107 Å². The monoisotopic (exact) mass is 502 g/mol. The van der Waals surface area contributed by atoms with Crippen LogP contribution in [0.3, 0.4) is 0 Å². The molecule has 1 spiro atoms. The van der Waals surface area contributed by atoms with E-state index in [-0.39, 0.29) is 5.41 Å². The van der Waals surface area contributed by atoms with Gasteiger partial charge in [-0.1, -0.05) is 88.7 Å². The van der Waals surface area contributed by atoms with E-state index in [1.54, 1.807) is 11.1 Å². The molecule has 166 valence electrons. The van der Waals surface area contributed by atoms with Gasteiger partial charge in [0.25, 0.3) is 0 Å². The van der Waals surface area contributed by atoms with E-state index in [1.165, 1.54) is 59.1 Å². The molecule has 5 unspecified atom stereocenters. The second-order valence-electron chi connectivity index (χ2n) is 11.1. The van der Waals surface area contributed by atoms with Crippen molar-refractivity contribution in [3.05, 3.63) is 107 Å². The predicted octanol–water partition coefficient (Wildman–Crippen LogP) is 9.12. The fourth-order valence-corrected chi connectivity index (χ4v) is 9.30. The van der Waals surface area contributed by atoms with Gasteiger partial charge in [-0.25, -0.2) is 0 Å². The van der Waals surface area contributed by atoms with E-state index in [9.17, 15) is 0 Å². The third-order valence-corrected chi connectivity index (χ3v) is 10.2. The average Bonchev–Trinajstić information content (AvgIpc) is 3.42. The molecule has 5 atom stereocenters. The maximum absolute atomic E-state index is 3.83. The van der Waals surface area contributed by atoms with Crippen LogP contribution in [-0.2, 0) is 5.41 Å². The van der Waals surface area contributed by atoms with Crippen molar-refractivity contribution in [1.29, 1.82) is 0 Å². The van der Waals surface area contributed by atoms with E-state index in [0.29, 0.717) is 0 Å². The molecule has 5 aliphatic rings. The van der Waals surface area contributed by atoms with Gasteiger partial charge in [0.15, 0.2) is 0 Å². The van der Waals surface area contributed by atoms with E-state index in [4.69, 9.17) is 0 Å². The summed E-state index contributed by atoms with van der Waals surface area (Å²) in [6.45, 7) is 0. The Balaban J connectivity index is 1.39. The Morgan fingerprint density at radius 2 is 1.38 bits per heavy atom. The summed E-state index contributed by atoms with van der Waals surface area (Å²) in [4.78, 5) is 0. The molecule has 0 aromatic heterocycles. The Labute approximate surface area is 210 Å². The summed E-state index contributed by atoms with van der Waals surface area (Å²) >= 11 is 3.83. The lowest BCUT2D eigenvalue weighted by Gasteiger charge is -2.43. The molecule has 4 aromatic carbocycles. The topological polar surface area (TPSA) is 0 Å². The van der Waals surface area contributed by atoms with Crippen molar-refractivity contribution in [2.24, 2.45) is 23.7 Å². The van der Waals surface area contributed by atoms with Crippen LogP contribution in [0, 0.1) is 23.7 Å². The van der Waals surface area contributed by atoms with E-state index in [1.807, 2.05) is 0 Å². The normalized spacial score (nSPS) is 29.6. The molecular weight excluding hydrogens is 476 g/mol. The van der Waals surface area contributed by atoms with E-state index < -0.39 is 0 Å². The Hall–Kier alpha value is -2.64. The number of rotatable bonds is 2. The molecule has 4 saturated carbocycles. The molecule has 0 nitrogen and oxygen atoms in total. The first kappa shape index (κ1) is 19.6. The standard InChI is InChI=1S/C33H27Br/c34-26-18-22(21-7-2-1-3-8-21)16-23(19-26)27-10-6-12-30-32(27)28-9-4-5-11-29(28)33(30)25-14-20-13-24(17-25)31(33)15-20/h1-12,16,18-20,24-25,31H,13-15,17H2. The molecule has 9 rings (SSSR count). The Kier molecular flexibility index (Phi) is 4.02. The number of fused-ring (bicyclic) bond motifs is 3. The van der Waals surface area contributed by atoms with Crippen molar-refractivity contribution in [2.75, 3.05) is 0 Å². The summed E-state index contributed by atoms with van der Waals surface area (Å²) in [5.74, 6) is 3.56. The lowest BCUT2D eigenvalue weighted by molar-refractivity contribution is 0.191. The van der Waals surface area contributed by atoms with Gasteiger partial charge in [0.05, 0.1) is 0 Å². The highest BCUT2D eigenvalue weighted by Crippen LogP contribution is 2.73. The van der Waals surface area contributed by atoms with Gasteiger partial charge < -0.3 is 0 Å². The highest BCUT2D eigenvalue weighted by atomic mass is 79.9. The van der Waals surface area contributed by atoms with Gasteiger partial charge in [0, 0.05) is 9.89 Å². The van der Waals surface area contributed by atoms with Crippen LogP contribution >= 0.6 is 15.9 Å². The summed E-state index contributed by atoms with van der Waals surface area (Å²) < 4.78 is 1.14. The van der Waals surface area contributed by atoms with Crippen molar-refractivity contribution in [2.45, 2.75) is 31.1 Å². The van der Waals surface area contributed by atoms with Crippen molar-refractivity contribution in [1.82, 2.24) is 0 Å². The highest BCUT2D eigenvalue weighted by Gasteiger charge is 2.66. The Morgan fingerprint density at radius 3 is 2.26 bits per heavy atom. The molecule has 4 fully saturated rings. The van der Waals surface area contributed by atoms with Crippen molar-refractivity contribution in [3.8, 4) is 33.4 Å². The quantitative estimate of drug-likeness (QED) is 0.256. The van der Waals surface area contributed by atoms with Gasteiger partial charge in [0.2, 0.25) is 0 Å². The second-order valence-corrected chi connectivity index (χ2v) is 12.0. The van der Waals surface area contributed by atoms with Gasteiger partial charge in [-0.05, 0) is 112 Å². The number of halogens is 1. The minimum absolute atomic E-state index is 0.244. The molecule has 0 amide bonds. The van der Waals surface area contributed by atoms with Gasteiger partial charge in [-0.3, -0.25) is 0 Å². The molecule has 0 radical (unpaired) electrons.